The summed E-state index contributed by atoms with van der Waals surface area (Å²) in [5.74, 6) is 2.55. The molecule has 0 aliphatic rings. The van der Waals surface area contributed by atoms with Crippen LogP contribution in [0.15, 0.2) is 18.2 Å². The van der Waals surface area contributed by atoms with Crippen LogP contribution in [-0.4, -0.2) is 11.0 Å². The topological polar surface area (TPSA) is 24.9 Å². The monoisotopic (exact) mass is 178 g/mol. The molecule has 1 heterocycles. The lowest BCUT2D eigenvalue weighted by molar-refractivity contribution is 0.584. The second-order valence-electron chi connectivity index (χ2n) is 2.80. The van der Waals surface area contributed by atoms with Crippen LogP contribution in [0.3, 0.4) is 0 Å². The molecule has 0 amide bonds. The Morgan fingerprint density at radius 1 is 1.69 bits per heavy atom. The number of anilines is 1. The molecule has 68 valence electrons. The number of hydrogen-bond acceptors (Lipinski definition) is 2. The van der Waals surface area contributed by atoms with Crippen molar-refractivity contribution in [2.75, 3.05) is 5.32 Å². The molecular weight excluding hydrogens is 167 g/mol. The van der Waals surface area contributed by atoms with E-state index in [1.165, 1.54) is 6.07 Å². The van der Waals surface area contributed by atoms with E-state index >= 15 is 0 Å². The Kier molecular flexibility index (Phi) is 3.27. The molecule has 0 fully saturated rings. The van der Waals surface area contributed by atoms with Gasteiger partial charge in [0.05, 0.1) is 0 Å². The van der Waals surface area contributed by atoms with Crippen molar-refractivity contribution >= 4 is 5.82 Å². The van der Waals surface area contributed by atoms with Crippen molar-refractivity contribution < 1.29 is 4.39 Å². The molecule has 1 aromatic heterocycles. The molecule has 1 rings (SSSR count). The Hall–Kier alpha value is -1.56. The highest BCUT2D eigenvalue weighted by Gasteiger charge is 2.01. The molecule has 0 saturated heterocycles. The highest BCUT2D eigenvalue weighted by molar-refractivity contribution is 5.34. The van der Waals surface area contributed by atoms with Crippen LogP contribution in [0.1, 0.15) is 13.3 Å². The van der Waals surface area contributed by atoms with Gasteiger partial charge < -0.3 is 5.32 Å². The summed E-state index contributed by atoms with van der Waals surface area (Å²) in [6, 6.07) is 4.72. The molecule has 0 aromatic carbocycles. The van der Waals surface area contributed by atoms with Gasteiger partial charge in [-0.15, -0.1) is 12.3 Å². The number of nitrogens with zero attached hydrogens (tertiary/aromatic N) is 1. The number of rotatable bonds is 3. The second-order valence-corrected chi connectivity index (χ2v) is 2.80. The standard InChI is InChI=1S/C10H11FN2/c1-3-5-8(2)12-10-7-4-6-9(11)13-10/h1,4,6-8H,5H2,2H3,(H,12,13). The first kappa shape index (κ1) is 9.53. The van der Waals surface area contributed by atoms with Crippen molar-refractivity contribution in [3.05, 3.63) is 24.1 Å². The molecule has 0 spiro atoms. The zero-order chi connectivity index (χ0) is 9.68. The molecule has 0 bridgehead atoms. The minimum Gasteiger partial charge on any atom is -0.367 e. The van der Waals surface area contributed by atoms with Crippen molar-refractivity contribution in [2.45, 2.75) is 19.4 Å². The molecule has 1 aromatic rings. The van der Waals surface area contributed by atoms with E-state index in [0.717, 1.165) is 0 Å². The third kappa shape index (κ3) is 3.12. The fourth-order valence-corrected chi connectivity index (χ4v) is 0.969. The van der Waals surface area contributed by atoms with Crippen molar-refractivity contribution in [3.8, 4) is 12.3 Å². The van der Waals surface area contributed by atoms with E-state index in [1.54, 1.807) is 12.1 Å². The smallest absolute Gasteiger partial charge is 0.214 e. The van der Waals surface area contributed by atoms with Crippen LogP contribution in [0.25, 0.3) is 0 Å². The molecule has 1 atom stereocenters. The first-order valence-electron chi connectivity index (χ1n) is 4.05. The highest BCUT2D eigenvalue weighted by atomic mass is 19.1. The fraction of sp³-hybridized carbons (Fsp3) is 0.300. The van der Waals surface area contributed by atoms with E-state index in [1.807, 2.05) is 6.92 Å². The summed E-state index contributed by atoms with van der Waals surface area (Å²) in [5.41, 5.74) is 0. The molecule has 0 saturated carbocycles. The third-order valence-electron chi connectivity index (χ3n) is 1.53. The normalized spacial score (nSPS) is 11.8. The van der Waals surface area contributed by atoms with Gasteiger partial charge in [-0.2, -0.15) is 4.39 Å². The Morgan fingerprint density at radius 2 is 2.46 bits per heavy atom. The van der Waals surface area contributed by atoms with Crippen LogP contribution in [0, 0.1) is 18.3 Å². The number of halogens is 1. The van der Waals surface area contributed by atoms with Crippen LogP contribution in [-0.2, 0) is 0 Å². The van der Waals surface area contributed by atoms with E-state index < -0.39 is 5.95 Å². The lowest BCUT2D eigenvalue weighted by Crippen LogP contribution is -2.15. The number of aromatic nitrogens is 1. The van der Waals surface area contributed by atoms with Crippen LogP contribution in [0.5, 0.6) is 0 Å². The lowest BCUT2D eigenvalue weighted by atomic mass is 10.2. The molecule has 1 unspecified atom stereocenters. The largest absolute Gasteiger partial charge is 0.367 e. The molecule has 3 heteroatoms. The fourth-order valence-electron chi connectivity index (χ4n) is 0.969. The Bertz CT molecular complexity index is 317. The Labute approximate surface area is 77.2 Å². The average Bonchev–Trinajstić information content (AvgIpc) is 2.04. The van der Waals surface area contributed by atoms with Gasteiger partial charge in [0, 0.05) is 12.5 Å². The molecule has 2 nitrogen and oxygen atoms in total. The van der Waals surface area contributed by atoms with E-state index in [-0.39, 0.29) is 6.04 Å². The molecule has 1 N–H and O–H groups in total. The highest BCUT2D eigenvalue weighted by Crippen LogP contribution is 2.06. The summed E-state index contributed by atoms with van der Waals surface area (Å²) in [7, 11) is 0. The minimum atomic E-state index is -0.488. The van der Waals surface area contributed by atoms with Crippen LogP contribution in [0.2, 0.25) is 0 Å². The van der Waals surface area contributed by atoms with Gasteiger partial charge in [-0.25, -0.2) is 4.98 Å². The van der Waals surface area contributed by atoms with Crippen molar-refractivity contribution in [1.82, 2.24) is 4.98 Å². The average molecular weight is 178 g/mol. The predicted molar refractivity (Wildman–Crippen MR) is 50.7 cm³/mol. The van der Waals surface area contributed by atoms with Crippen LogP contribution < -0.4 is 5.32 Å². The number of nitrogens with one attached hydrogen (secondary N) is 1. The summed E-state index contributed by atoms with van der Waals surface area (Å²) in [5, 5.41) is 2.99. The van der Waals surface area contributed by atoms with Gasteiger partial charge in [0.25, 0.3) is 0 Å². The quantitative estimate of drug-likeness (QED) is 0.566. The van der Waals surface area contributed by atoms with Gasteiger partial charge in [0.1, 0.15) is 5.82 Å². The maximum Gasteiger partial charge on any atom is 0.214 e. The van der Waals surface area contributed by atoms with E-state index in [0.29, 0.717) is 12.2 Å². The number of pyridine rings is 1. The van der Waals surface area contributed by atoms with E-state index in [9.17, 15) is 4.39 Å². The maximum atomic E-state index is 12.6. The minimum absolute atomic E-state index is 0.110. The Morgan fingerprint density at radius 3 is 3.08 bits per heavy atom. The second kappa shape index (κ2) is 4.46. The van der Waals surface area contributed by atoms with Gasteiger partial charge >= 0.3 is 0 Å². The molecule has 0 aliphatic heterocycles. The van der Waals surface area contributed by atoms with E-state index in [2.05, 4.69) is 16.2 Å². The van der Waals surface area contributed by atoms with Crippen molar-refractivity contribution in [3.63, 3.8) is 0 Å². The van der Waals surface area contributed by atoms with Gasteiger partial charge in [-0.05, 0) is 19.1 Å². The Balaban J connectivity index is 2.59. The van der Waals surface area contributed by atoms with Crippen LogP contribution >= 0.6 is 0 Å². The molecule has 0 aliphatic carbocycles. The van der Waals surface area contributed by atoms with Crippen molar-refractivity contribution in [2.24, 2.45) is 0 Å². The number of hydrogen-bond donors (Lipinski definition) is 1. The van der Waals surface area contributed by atoms with Gasteiger partial charge in [0.2, 0.25) is 5.95 Å². The SMILES string of the molecule is C#CCC(C)Nc1cccc(F)n1. The summed E-state index contributed by atoms with van der Waals surface area (Å²) >= 11 is 0. The first-order chi connectivity index (χ1) is 6.22. The zero-order valence-corrected chi connectivity index (χ0v) is 7.42. The van der Waals surface area contributed by atoms with E-state index in [4.69, 9.17) is 6.42 Å². The van der Waals surface area contributed by atoms with Gasteiger partial charge in [0.15, 0.2) is 0 Å². The van der Waals surface area contributed by atoms with Gasteiger partial charge in [-0.1, -0.05) is 6.07 Å². The molecule has 13 heavy (non-hydrogen) atoms. The summed E-state index contributed by atoms with van der Waals surface area (Å²) in [6.07, 6.45) is 5.72. The van der Waals surface area contributed by atoms with Crippen molar-refractivity contribution in [1.29, 1.82) is 0 Å². The zero-order valence-electron chi connectivity index (χ0n) is 7.42. The first-order valence-corrected chi connectivity index (χ1v) is 4.05. The third-order valence-corrected chi connectivity index (χ3v) is 1.53. The molecular formula is C10H11FN2. The lowest BCUT2D eigenvalue weighted by Gasteiger charge is -2.10. The van der Waals surface area contributed by atoms with Gasteiger partial charge in [-0.3, -0.25) is 0 Å². The summed E-state index contributed by atoms with van der Waals surface area (Å²) in [4.78, 5) is 3.65. The maximum absolute atomic E-state index is 12.6. The summed E-state index contributed by atoms with van der Waals surface area (Å²) in [6.45, 7) is 1.92. The predicted octanol–water partition coefficient (Wildman–Crippen LogP) is 2.04. The molecule has 0 radical (unpaired) electrons. The number of terminal acetylenes is 1. The summed E-state index contributed by atoms with van der Waals surface area (Å²) < 4.78 is 12.6. The van der Waals surface area contributed by atoms with Crippen LogP contribution in [0.4, 0.5) is 10.2 Å².